The van der Waals surface area contributed by atoms with Gasteiger partial charge in [0.25, 0.3) is 5.91 Å². The smallest absolute Gasteiger partial charge is 0.255 e. The van der Waals surface area contributed by atoms with E-state index in [0.717, 1.165) is 15.7 Å². The molecule has 0 aliphatic rings. The van der Waals surface area contributed by atoms with Crippen LogP contribution < -0.4 is 14.8 Å². The third kappa shape index (κ3) is 5.34. The SMILES string of the molecule is CCOc1cc(C(=O)Nc2ccc(Br)cc2)ccc1OCc1ccccc1. The van der Waals surface area contributed by atoms with Crippen LogP contribution in [-0.2, 0) is 6.61 Å². The molecule has 4 nitrogen and oxygen atoms in total. The first-order valence-corrected chi connectivity index (χ1v) is 9.45. The summed E-state index contributed by atoms with van der Waals surface area (Å²) in [4.78, 5) is 12.5. The van der Waals surface area contributed by atoms with Gasteiger partial charge in [0.05, 0.1) is 6.61 Å². The fraction of sp³-hybridized carbons (Fsp3) is 0.136. The van der Waals surface area contributed by atoms with Crippen molar-refractivity contribution in [3.05, 3.63) is 88.4 Å². The quantitative estimate of drug-likeness (QED) is 0.529. The summed E-state index contributed by atoms with van der Waals surface area (Å²) in [7, 11) is 0. The van der Waals surface area contributed by atoms with E-state index in [1.807, 2.05) is 61.5 Å². The molecule has 0 aliphatic heterocycles. The van der Waals surface area contributed by atoms with Crippen LogP contribution in [0.4, 0.5) is 5.69 Å². The monoisotopic (exact) mass is 425 g/mol. The lowest BCUT2D eigenvalue weighted by Gasteiger charge is -2.13. The first-order chi connectivity index (χ1) is 13.2. The van der Waals surface area contributed by atoms with E-state index in [1.165, 1.54) is 0 Å². The van der Waals surface area contributed by atoms with Crippen LogP contribution in [0.2, 0.25) is 0 Å². The normalized spacial score (nSPS) is 10.3. The van der Waals surface area contributed by atoms with Crippen molar-refractivity contribution >= 4 is 27.5 Å². The van der Waals surface area contributed by atoms with Crippen molar-refractivity contribution in [2.75, 3.05) is 11.9 Å². The minimum Gasteiger partial charge on any atom is -0.490 e. The summed E-state index contributed by atoms with van der Waals surface area (Å²) in [5, 5.41) is 2.88. The highest BCUT2D eigenvalue weighted by molar-refractivity contribution is 9.10. The van der Waals surface area contributed by atoms with Gasteiger partial charge in [-0.1, -0.05) is 46.3 Å². The number of benzene rings is 3. The zero-order valence-corrected chi connectivity index (χ0v) is 16.5. The minimum atomic E-state index is -0.201. The molecule has 0 fully saturated rings. The molecule has 0 radical (unpaired) electrons. The van der Waals surface area contributed by atoms with Gasteiger partial charge in [-0.25, -0.2) is 0 Å². The van der Waals surface area contributed by atoms with Gasteiger partial charge in [0, 0.05) is 15.7 Å². The predicted octanol–water partition coefficient (Wildman–Crippen LogP) is 5.68. The molecular weight excluding hydrogens is 406 g/mol. The maximum absolute atomic E-state index is 12.5. The van der Waals surface area contributed by atoms with Crippen LogP contribution in [0, 0.1) is 0 Å². The Bertz CT molecular complexity index is 895. The zero-order valence-electron chi connectivity index (χ0n) is 14.9. The highest BCUT2D eigenvalue weighted by atomic mass is 79.9. The van der Waals surface area contributed by atoms with E-state index >= 15 is 0 Å². The van der Waals surface area contributed by atoms with Crippen molar-refractivity contribution in [3.63, 3.8) is 0 Å². The van der Waals surface area contributed by atoms with Gasteiger partial charge >= 0.3 is 0 Å². The lowest BCUT2D eigenvalue weighted by atomic mass is 10.1. The van der Waals surface area contributed by atoms with Gasteiger partial charge in [0.1, 0.15) is 6.61 Å². The standard InChI is InChI=1S/C22H20BrNO3/c1-2-26-21-14-17(22(25)24-19-11-9-18(23)10-12-19)8-13-20(21)27-15-16-6-4-3-5-7-16/h3-14H,2,15H2,1H3,(H,24,25). The second-order valence-corrected chi connectivity index (χ2v) is 6.75. The number of hydrogen-bond donors (Lipinski definition) is 1. The fourth-order valence-corrected chi connectivity index (χ4v) is 2.77. The van der Waals surface area contributed by atoms with Crippen LogP contribution in [0.3, 0.4) is 0 Å². The van der Waals surface area contributed by atoms with Crippen LogP contribution in [0.1, 0.15) is 22.8 Å². The molecule has 3 aromatic carbocycles. The molecule has 27 heavy (non-hydrogen) atoms. The molecule has 0 aliphatic carbocycles. The Morgan fingerprint density at radius 1 is 0.926 bits per heavy atom. The molecule has 1 amide bonds. The second-order valence-electron chi connectivity index (χ2n) is 5.83. The van der Waals surface area contributed by atoms with Crippen molar-refractivity contribution in [1.82, 2.24) is 0 Å². The van der Waals surface area contributed by atoms with E-state index in [-0.39, 0.29) is 5.91 Å². The number of carbonyl (C=O) groups is 1. The third-order valence-electron chi connectivity index (χ3n) is 3.84. The molecule has 0 heterocycles. The van der Waals surface area contributed by atoms with E-state index in [4.69, 9.17) is 9.47 Å². The first kappa shape index (κ1) is 19.0. The molecule has 0 saturated heterocycles. The number of nitrogens with one attached hydrogen (secondary N) is 1. The molecule has 0 saturated carbocycles. The Labute approximate surface area is 167 Å². The molecule has 0 bridgehead atoms. The number of rotatable bonds is 7. The number of carbonyl (C=O) groups excluding carboxylic acids is 1. The molecule has 3 aromatic rings. The molecule has 138 valence electrons. The molecule has 0 unspecified atom stereocenters. The van der Waals surface area contributed by atoms with E-state index in [0.29, 0.717) is 30.3 Å². The van der Waals surface area contributed by atoms with Crippen molar-refractivity contribution in [2.24, 2.45) is 0 Å². The minimum absolute atomic E-state index is 0.201. The van der Waals surface area contributed by atoms with Gasteiger partial charge in [-0.3, -0.25) is 4.79 Å². The highest BCUT2D eigenvalue weighted by Gasteiger charge is 2.12. The summed E-state index contributed by atoms with van der Waals surface area (Å²) in [6, 6.07) is 22.5. The van der Waals surface area contributed by atoms with Gasteiger partial charge in [0.2, 0.25) is 0 Å². The third-order valence-corrected chi connectivity index (χ3v) is 4.37. The topological polar surface area (TPSA) is 47.6 Å². The van der Waals surface area contributed by atoms with Crippen molar-refractivity contribution in [1.29, 1.82) is 0 Å². The van der Waals surface area contributed by atoms with Crippen LogP contribution in [0.5, 0.6) is 11.5 Å². The van der Waals surface area contributed by atoms with Gasteiger partial charge in [-0.15, -0.1) is 0 Å². The Balaban J connectivity index is 1.73. The first-order valence-electron chi connectivity index (χ1n) is 8.66. The summed E-state index contributed by atoms with van der Waals surface area (Å²) in [5.74, 6) is 0.964. The Hall–Kier alpha value is -2.79. The van der Waals surface area contributed by atoms with E-state index in [1.54, 1.807) is 18.2 Å². The summed E-state index contributed by atoms with van der Waals surface area (Å²) in [5.41, 5.74) is 2.30. The molecular formula is C22H20BrNO3. The van der Waals surface area contributed by atoms with Crippen molar-refractivity contribution in [2.45, 2.75) is 13.5 Å². The average molecular weight is 426 g/mol. The summed E-state index contributed by atoms with van der Waals surface area (Å²) in [6.45, 7) is 2.82. The maximum Gasteiger partial charge on any atom is 0.255 e. The summed E-state index contributed by atoms with van der Waals surface area (Å²) >= 11 is 3.38. The lowest BCUT2D eigenvalue weighted by Crippen LogP contribution is -2.12. The van der Waals surface area contributed by atoms with E-state index in [2.05, 4.69) is 21.2 Å². The van der Waals surface area contributed by atoms with Crippen LogP contribution >= 0.6 is 15.9 Å². The Morgan fingerprint density at radius 3 is 2.37 bits per heavy atom. The number of hydrogen-bond acceptors (Lipinski definition) is 3. The number of anilines is 1. The summed E-state index contributed by atoms with van der Waals surface area (Å²) < 4.78 is 12.5. The molecule has 0 spiro atoms. The summed E-state index contributed by atoms with van der Waals surface area (Å²) in [6.07, 6.45) is 0. The van der Waals surface area contributed by atoms with Gasteiger partial charge in [-0.05, 0) is 55.0 Å². The molecule has 0 aromatic heterocycles. The number of halogens is 1. The fourth-order valence-electron chi connectivity index (χ4n) is 2.51. The van der Waals surface area contributed by atoms with Gasteiger partial charge in [0.15, 0.2) is 11.5 Å². The largest absolute Gasteiger partial charge is 0.490 e. The zero-order chi connectivity index (χ0) is 19.1. The van der Waals surface area contributed by atoms with Crippen LogP contribution in [-0.4, -0.2) is 12.5 Å². The molecule has 5 heteroatoms. The van der Waals surface area contributed by atoms with E-state index in [9.17, 15) is 4.79 Å². The molecule has 0 atom stereocenters. The van der Waals surface area contributed by atoms with E-state index < -0.39 is 0 Å². The predicted molar refractivity (Wildman–Crippen MR) is 110 cm³/mol. The van der Waals surface area contributed by atoms with Gasteiger partial charge < -0.3 is 14.8 Å². The molecule has 3 rings (SSSR count). The van der Waals surface area contributed by atoms with Crippen LogP contribution in [0.15, 0.2) is 77.3 Å². The molecule has 1 N–H and O–H groups in total. The van der Waals surface area contributed by atoms with Crippen molar-refractivity contribution < 1.29 is 14.3 Å². The highest BCUT2D eigenvalue weighted by Crippen LogP contribution is 2.29. The lowest BCUT2D eigenvalue weighted by molar-refractivity contribution is 0.102. The van der Waals surface area contributed by atoms with Crippen LogP contribution in [0.25, 0.3) is 0 Å². The Kier molecular flexibility index (Phi) is 6.49. The maximum atomic E-state index is 12.5. The number of amides is 1. The number of ether oxygens (including phenoxy) is 2. The second kappa shape index (κ2) is 9.24. The van der Waals surface area contributed by atoms with Gasteiger partial charge in [-0.2, -0.15) is 0 Å². The van der Waals surface area contributed by atoms with Crippen molar-refractivity contribution in [3.8, 4) is 11.5 Å². The average Bonchev–Trinajstić information content (AvgIpc) is 2.69. The Morgan fingerprint density at radius 2 is 1.67 bits per heavy atom.